The highest BCUT2D eigenvalue weighted by Gasteiger charge is 2.27. The predicted molar refractivity (Wildman–Crippen MR) is 96.4 cm³/mol. The van der Waals surface area contributed by atoms with Gasteiger partial charge in [-0.2, -0.15) is 0 Å². The number of piperidine rings is 1. The van der Waals surface area contributed by atoms with Crippen LogP contribution in [-0.4, -0.2) is 65.6 Å². The molecule has 2 rings (SSSR count). The molecule has 25 heavy (non-hydrogen) atoms. The van der Waals surface area contributed by atoms with Crippen LogP contribution in [0, 0.1) is 0 Å². The molecule has 1 aromatic carbocycles. The van der Waals surface area contributed by atoms with E-state index >= 15 is 0 Å². The zero-order chi connectivity index (χ0) is 18.4. The molecule has 0 aromatic heterocycles. The molecular weight excluding hydrogens is 367 g/mol. The number of ether oxygens (including phenoxy) is 1. The maximum absolute atomic E-state index is 12.3. The van der Waals surface area contributed by atoms with Gasteiger partial charge in [0.05, 0.1) is 11.6 Å². The first-order chi connectivity index (χ1) is 11.9. The van der Waals surface area contributed by atoms with Gasteiger partial charge < -0.3 is 14.7 Å². The van der Waals surface area contributed by atoms with Gasteiger partial charge in [0.2, 0.25) is 0 Å². The number of hydrogen-bond donors (Lipinski definition) is 1. The molecule has 1 N–H and O–H groups in total. The third-order valence-corrected chi connectivity index (χ3v) is 4.87. The fourth-order valence-electron chi connectivity index (χ4n) is 2.97. The number of carboxylic acids is 1. The van der Waals surface area contributed by atoms with Crippen LogP contribution in [0.5, 0.6) is 5.75 Å². The third kappa shape index (κ3) is 5.76. The summed E-state index contributed by atoms with van der Waals surface area (Å²) in [4.78, 5) is 26.9. The van der Waals surface area contributed by atoms with Crippen molar-refractivity contribution in [3.05, 3.63) is 28.2 Å². The van der Waals surface area contributed by atoms with Crippen LogP contribution in [0.2, 0.25) is 10.0 Å². The molecular formula is C17H22Cl2N2O4. The van der Waals surface area contributed by atoms with Crippen LogP contribution in [0.4, 0.5) is 0 Å². The Morgan fingerprint density at radius 3 is 2.60 bits per heavy atom. The lowest BCUT2D eigenvalue weighted by atomic mass is 10.0. The molecule has 1 aromatic rings. The Kier molecular flexibility index (Phi) is 7.35. The minimum absolute atomic E-state index is 0.0332. The topological polar surface area (TPSA) is 70.1 Å². The summed E-state index contributed by atoms with van der Waals surface area (Å²) in [5.74, 6) is -0.557. The van der Waals surface area contributed by atoms with Crippen LogP contribution in [0.3, 0.4) is 0 Å². The predicted octanol–water partition coefficient (Wildman–Crippen LogP) is 2.77. The summed E-state index contributed by atoms with van der Waals surface area (Å²) in [5, 5.41) is 9.86. The first kappa shape index (κ1) is 19.8. The highest BCUT2D eigenvalue weighted by Crippen LogP contribution is 2.27. The summed E-state index contributed by atoms with van der Waals surface area (Å²) in [6.07, 6.45) is 1.51. The maximum Gasteiger partial charge on any atom is 0.317 e. The second-order valence-corrected chi connectivity index (χ2v) is 6.78. The molecule has 1 aliphatic heterocycles. The Hall–Kier alpha value is -1.50. The van der Waals surface area contributed by atoms with Crippen molar-refractivity contribution in [2.24, 2.45) is 0 Å². The van der Waals surface area contributed by atoms with Gasteiger partial charge in [-0.15, -0.1) is 0 Å². The van der Waals surface area contributed by atoms with Crippen molar-refractivity contribution < 1.29 is 19.4 Å². The monoisotopic (exact) mass is 388 g/mol. The standard InChI is InChI=1S/C17H22Cl2N2O4/c1-2-20(10-17(23)24)13-5-7-21(8-6-13)16(22)11-25-15-9-12(18)3-4-14(15)19/h3-4,9,13H,2,5-8,10-11H2,1H3,(H,23,24). The van der Waals surface area contributed by atoms with Gasteiger partial charge in [-0.1, -0.05) is 30.1 Å². The molecule has 138 valence electrons. The van der Waals surface area contributed by atoms with Crippen LogP contribution in [0.25, 0.3) is 0 Å². The van der Waals surface area contributed by atoms with E-state index in [1.807, 2.05) is 11.8 Å². The van der Waals surface area contributed by atoms with E-state index in [9.17, 15) is 9.59 Å². The van der Waals surface area contributed by atoms with Gasteiger partial charge in [0.1, 0.15) is 5.75 Å². The SMILES string of the molecule is CCN(CC(=O)O)C1CCN(C(=O)COc2cc(Cl)ccc2Cl)CC1. The number of carboxylic acid groups (broad SMARTS) is 1. The second-order valence-electron chi connectivity index (χ2n) is 5.93. The molecule has 8 heteroatoms. The lowest BCUT2D eigenvalue weighted by Gasteiger charge is -2.37. The maximum atomic E-state index is 12.3. The fraction of sp³-hybridized carbons (Fsp3) is 0.529. The minimum Gasteiger partial charge on any atom is -0.482 e. The van der Waals surface area contributed by atoms with Crippen LogP contribution in [0.15, 0.2) is 18.2 Å². The van der Waals surface area contributed by atoms with E-state index in [1.165, 1.54) is 0 Å². The van der Waals surface area contributed by atoms with Crippen LogP contribution in [-0.2, 0) is 9.59 Å². The van der Waals surface area contributed by atoms with Crippen LogP contribution >= 0.6 is 23.2 Å². The number of carbonyl (C=O) groups is 2. The van der Waals surface area contributed by atoms with Gasteiger partial charge in [-0.05, 0) is 31.5 Å². The third-order valence-electron chi connectivity index (χ3n) is 4.32. The summed E-state index contributed by atoms with van der Waals surface area (Å²) in [6.45, 7) is 3.74. The summed E-state index contributed by atoms with van der Waals surface area (Å²) in [7, 11) is 0. The van der Waals surface area contributed by atoms with E-state index in [4.69, 9.17) is 33.0 Å². The Balaban J connectivity index is 1.82. The molecule has 0 bridgehead atoms. The average Bonchev–Trinajstić information content (AvgIpc) is 2.60. The molecule has 1 saturated heterocycles. The van der Waals surface area contributed by atoms with Gasteiger partial charge in [0.15, 0.2) is 6.61 Å². The number of rotatable bonds is 7. The van der Waals surface area contributed by atoms with Gasteiger partial charge >= 0.3 is 5.97 Å². The van der Waals surface area contributed by atoms with E-state index in [-0.39, 0.29) is 25.1 Å². The van der Waals surface area contributed by atoms with Crippen molar-refractivity contribution in [1.29, 1.82) is 0 Å². The van der Waals surface area contributed by atoms with Gasteiger partial charge in [0, 0.05) is 30.2 Å². The van der Waals surface area contributed by atoms with E-state index < -0.39 is 5.97 Å². The Morgan fingerprint density at radius 2 is 2.00 bits per heavy atom. The quantitative estimate of drug-likeness (QED) is 0.777. The van der Waals surface area contributed by atoms with Crippen molar-refractivity contribution >= 4 is 35.1 Å². The van der Waals surface area contributed by atoms with Crippen molar-refractivity contribution in [3.63, 3.8) is 0 Å². The molecule has 1 heterocycles. The normalized spacial score (nSPS) is 15.4. The number of hydrogen-bond acceptors (Lipinski definition) is 4. The van der Waals surface area contributed by atoms with Crippen molar-refractivity contribution in [2.45, 2.75) is 25.8 Å². The molecule has 0 unspecified atom stereocenters. The van der Waals surface area contributed by atoms with Crippen molar-refractivity contribution in [3.8, 4) is 5.75 Å². The molecule has 0 radical (unpaired) electrons. The number of nitrogens with zero attached hydrogens (tertiary/aromatic N) is 2. The molecule has 1 aliphatic rings. The van der Waals surface area contributed by atoms with E-state index in [0.717, 1.165) is 12.8 Å². The number of carbonyl (C=O) groups excluding carboxylic acids is 1. The molecule has 6 nitrogen and oxygen atoms in total. The van der Waals surface area contributed by atoms with Gasteiger partial charge in [-0.3, -0.25) is 14.5 Å². The molecule has 0 aliphatic carbocycles. The number of aliphatic carboxylic acids is 1. The van der Waals surface area contributed by atoms with E-state index in [2.05, 4.69) is 0 Å². The fourth-order valence-corrected chi connectivity index (χ4v) is 3.31. The summed E-state index contributed by atoms with van der Waals surface area (Å²) >= 11 is 11.9. The molecule has 1 fully saturated rings. The molecule has 0 spiro atoms. The second kappa shape index (κ2) is 9.27. The van der Waals surface area contributed by atoms with E-state index in [0.29, 0.717) is 35.4 Å². The van der Waals surface area contributed by atoms with Crippen molar-refractivity contribution in [1.82, 2.24) is 9.80 Å². The lowest BCUT2D eigenvalue weighted by Crippen LogP contribution is -2.49. The van der Waals surface area contributed by atoms with Crippen molar-refractivity contribution in [2.75, 3.05) is 32.8 Å². The Morgan fingerprint density at radius 1 is 1.32 bits per heavy atom. The summed E-state index contributed by atoms with van der Waals surface area (Å²) in [5.41, 5.74) is 0. The summed E-state index contributed by atoms with van der Waals surface area (Å²) < 4.78 is 5.48. The smallest absolute Gasteiger partial charge is 0.317 e. The highest BCUT2D eigenvalue weighted by molar-refractivity contribution is 6.34. The number of amides is 1. The number of benzene rings is 1. The summed E-state index contributed by atoms with van der Waals surface area (Å²) in [6, 6.07) is 5.04. The average molecular weight is 389 g/mol. The zero-order valence-corrected chi connectivity index (χ0v) is 15.6. The number of halogens is 2. The zero-order valence-electron chi connectivity index (χ0n) is 14.1. The first-order valence-electron chi connectivity index (χ1n) is 8.22. The van der Waals surface area contributed by atoms with Gasteiger partial charge in [-0.25, -0.2) is 0 Å². The number of likely N-dealkylation sites (tertiary alicyclic amines) is 1. The largest absolute Gasteiger partial charge is 0.482 e. The van der Waals surface area contributed by atoms with E-state index in [1.54, 1.807) is 23.1 Å². The number of likely N-dealkylation sites (N-methyl/N-ethyl adjacent to an activating group) is 1. The minimum atomic E-state index is -0.827. The molecule has 0 saturated carbocycles. The lowest BCUT2D eigenvalue weighted by molar-refractivity contribution is -0.140. The highest BCUT2D eigenvalue weighted by atomic mass is 35.5. The van der Waals surface area contributed by atoms with Crippen LogP contribution < -0.4 is 4.74 Å². The van der Waals surface area contributed by atoms with Crippen LogP contribution in [0.1, 0.15) is 19.8 Å². The Bertz CT molecular complexity index is 619. The molecule has 1 amide bonds. The Labute approximate surface area is 157 Å². The van der Waals surface area contributed by atoms with Gasteiger partial charge in [0.25, 0.3) is 5.91 Å². The molecule has 0 atom stereocenters. The first-order valence-corrected chi connectivity index (χ1v) is 8.97.